The molecule has 1 atom stereocenters. The number of rotatable bonds is 5. The topological polar surface area (TPSA) is 60.3 Å². The van der Waals surface area contributed by atoms with E-state index in [0.29, 0.717) is 11.7 Å². The molecule has 0 saturated heterocycles. The molecule has 0 bridgehead atoms. The Hall–Kier alpha value is -3.00. The summed E-state index contributed by atoms with van der Waals surface area (Å²) >= 11 is 0. The summed E-state index contributed by atoms with van der Waals surface area (Å²) in [6, 6.07) is 11.1. The normalized spacial score (nSPS) is 14.0. The molecule has 1 aromatic carbocycles. The number of hydrogen-bond acceptors (Lipinski definition) is 3. The van der Waals surface area contributed by atoms with Crippen molar-refractivity contribution in [2.24, 2.45) is 5.92 Å². The van der Waals surface area contributed by atoms with Crippen LogP contribution in [0.2, 0.25) is 0 Å². The van der Waals surface area contributed by atoms with Crippen LogP contribution in [0.1, 0.15) is 42.6 Å². The van der Waals surface area contributed by atoms with Crippen molar-refractivity contribution in [2.75, 3.05) is 13.7 Å². The van der Waals surface area contributed by atoms with Gasteiger partial charge in [-0.05, 0) is 50.5 Å². The lowest BCUT2D eigenvalue weighted by Crippen LogP contribution is -2.27. The molecule has 1 aliphatic rings. The van der Waals surface area contributed by atoms with Gasteiger partial charge >= 0.3 is 0 Å². The predicted molar refractivity (Wildman–Crippen MR) is 105 cm³/mol. The summed E-state index contributed by atoms with van der Waals surface area (Å²) in [6.07, 6.45) is 2.43. The number of ether oxygens (including phenoxy) is 1. The highest BCUT2D eigenvalue weighted by Gasteiger charge is 2.18. The van der Waals surface area contributed by atoms with Gasteiger partial charge in [-0.2, -0.15) is 0 Å². The Kier molecular flexibility index (Phi) is 5.66. The molecule has 140 valence electrons. The summed E-state index contributed by atoms with van der Waals surface area (Å²) in [5, 5.41) is 2.48. The van der Waals surface area contributed by atoms with Crippen LogP contribution in [-0.2, 0) is 4.79 Å². The molecule has 0 spiro atoms. The summed E-state index contributed by atoms with van der Waals surface area (Å²) in [7, 11) is 1.54. The third kappa shape index (κ3) is 4.79. The predicted octanol–water partition coefficient (Wildman–Crippen LogP) is 2.65. The van der Waals surface area contributed by atoms with E-state index in [1.165, 1.54) is 18.9 Å². The Bertz CT molecular complexity index is 944. The second kappa shape index (κ2) is 8.13. The molecule has 1 N–H and O–H groups in total. The fourth-order valence-corrected chi connectivity index (χ4v) is 2.89. The van der Waals surface area contributed by atoms with Crippen molar-refractivity contribution in [2.45, 2.75) is 32.7 Å². The SMILES string of the molecule is CNC(=O)COc1cc(C)n([C@H](C)c2ccc(C#CC3CC3)cc2)c(=O)c1. The number of aromatic nitrogens is 1. The number of carbonyl (C=O) groups is 1. The molecule has 3 rings (SSSR count). The minimum absolute atomic E-state index is 0.113. The fourth-order valence-electron chi connectivity index (χ4n) is 2.89. The number of nitrogens with zero attached hydrogens (tertiary/aromatic N) is 1. The van der Waals surface area contributed by atoms with Gasteiger partial charge in [-0.25, -0.2) is 0 Å². The van der Waals surface area contributed by atoms with Gasteiger partial charge in [0.2, 0.25) is 0 Å². The van der Waals surface area contributed by atoms with E-state index in [4.69, 9.17) is 4.74 Å². The Morgan fingerprint density at radius 1 is 1.30 bits per heavy atom. The summed E-state index contributed by atoms with van der Waals surface area (Å²) in [5.74, 6) is 7.19. The quantitative estimate of drug-likeness (QED) is 0.830. The highest BCUT2D eigenvalue weighted by atomic mass is 16.5. The lowest BCUT2D eigenvalue weighted by atomic mass is 10.1. The van der Waals surface area contributed by atoms with E-state index in [0.717, 1.165) is 16.8 Å². The van der Waals surface area contributed by atoms with Gasteiger partial charge in [-0.15, -0.1) is 0 Å². The monoisotopic (exact) mass is 364 g/mol. The number of pyridine rings is 1. The Morgan fingerprint density at radius 3 is 2.59 bits per heavy atom. The number of likely N-dealkylation sites (N-methyl/N-ethyl adjacent to an activating group) is 1. The molecule has 1 fully saturated rings. The average Bonchev–Trinajstić information content (AvgIpc) is 3.48. The molecule has 1 aromatic heterocycles. The van der Waals surface area contributed by atoms with Gasteiger partial charge in [0.1, 0.15) is 5.75 Å². The highest BCUT2D eigenvalue weighted by Crippen LogP contribution is 2.27. The number of nitrogens with one attached hydrogen (secondary N) is 1. The first-order valence-corrected chi connectivity index (χ1v) is 9.16. The van der Waals surface area contributed by atoms with Crippen molar-refractivity contribution >= 4 is 5.91 Å². The first-order valence-electron chi connectivity index (χ1n) is 9.16. The van der Waals surface area contributed by atoms with Crippen LogP contribution in [0.25, 0.3) is 0 Å². The largest absolute Gasteiger partial charge is 0.484 e. The molecule has 0 radical (unpaired) electrons. The van der Waals surface area contributed by atoms with Crippen molar-refractivity contribution in [1.82, 2.24) is 9.88 Å². The highest BCUT2D eigenvalue weighted by molar-refractivity contribution is 5.77. The zero-order valence-corrected chi connectivity index (χ0v) is 15.9. The summed E-state index contributed by atoms with van der Waals surface area (Å²) in [5.41, 5.74) is 2.66. The van der Waals surface area contributed by atoms with E-state index in [9.17, 15) is 9.59 Å². The zero-order chi connectivity index (χ0) is 19.4. The minimum Gasteiger partial charge on any atom is -0.484 e. The Labute approximate surface area is 159 Å². The van der Waals surface area contributed by atoms with Crippen LogP contribution in [0, 0.1) is 24.7 Å². The van der Waals surface area contributed by atoms with Crippen LogP contribution in [0.15, 0.2) is 41.2 Å². The fraction of sp³-hybridized carbons (Fsp3) is 0.364. The summed E-state index contributed by atoms with van der Waals surface area (Å²) in [6.45, 7) is 3.74. The molecule has 1 saturated carbocycles. The number of carbonyl (C=O) groups excluding carboxylic acids is 1. The zero-order valence-electron chi connectivity index (χ0n) is 15.9. The molecular formula is C22H24N2O3. The minimum atomic E-state index is -0.241. The molecule has 0 unspecified atom stereocenters. The third-order valence-corrected chi connectivity index (χ3v) is 4.66. The first-order chi connectivity index (χ1) is 13.0. The number of benzene rings is 1. The van der Waals surface area contributed by atoms with Gasteiger partial charge in [-0.1, -0.05) is 24.0 Å². The van der Waals surface area contributed by atoms with Crippen molar-refractivity contribution in [3.63, 3.8) is 0 Å². The Morgan fingerprint density at radius 2 is 2.00 bits per heavy atom. The van der Waals surface area contributed by atoms with E-state index < -0.39 is 0 Å². The van der Waals surface area contributed by atoms with E-state index >= 15 is 0 Å². The maximum absolute atomic E-state index is 12.6. The van der Waals surface area contributed by atoms with E-state index in [-0.39, 0.29) is 24.1 Å². The van der Waals surface area contributed by atoms with Gasteiger partial charge in [0.15, 0.2) is 6.61 Å². The van der Waals surface area contributed by atoms with Crippen LogP contribution < -0.4 is 15.6 Å². The lowest BCUT2D eigenvalue weighted by Gasteiger charge is -2.19. The van der Waals surface area contributed by atoms with Crippen molar-refractivity contribution in [1.29, 1.82) is 0 Å². The van der Waals surface area contributed by atoms with E-state index in [2.05, 4.69) is 17.2 Å². The van der Waals surface area contributed by atoms with E-state index in [1.54, 1.807) is 17.7 Å². The maximum atomic E-state index is 12.6. The van der Waals surface area contributed by atoms with Gasteiger partial charge in [0.25, 0.3) is 11.5 Å². The van der Waals surface area contributed by atoms with Crippen molar-refractivity contribution in [3.8, 4) is 17.6 Å². The smallest absolute Gasteiger partial charge is 0.257 e. The second-order valence-electron chi connectivity index (χ2n) is 6.84. The molecule has 1 aliphatic carbocycles. The third-order valence-electron chi connectivity index (χ3n) is 4.66. The molecule has 1 amide bonds. The average molecular weight is 364 g/mol. The van der Waals surface area contributed by atoms with Crippen LogP contribution in [0.5, 0.6) is 5.75 Å². The molecule has 27 heavy (non-hydrogen) atoms. The molecular weight excluding hydrogens is 340 g/mol. The molecule has 0 aliphatic heterocycles. The van der Waals surface area contributed by atoms with Gasteiger partial charge in [-0.3, -0.25) is 9.59 Å². The molecule has 5 heteroatoms. The van der Waals surface area contributed by atoms with Gasteiger partial charge in [0.05, 0.1) is 6.04 Å². The van der Waals surface area contributed by atoms with E-state index in [1.807, 2.05) is 38.1 Å². The number of amides is 1. The standard InChI is InChI=1S/C22H24N2O3/c1-15-12-20(27-14-21(25)23-3)13-22(26)24(15)16(2)19-10-8-18(9-11-19)7-6-17-4-5-17/h8-13,16-17H,4-5,14H2,1-3H3,(H,23,25)/t16-/m1/s1. The Balaban J connectivity index is 1.77. The van der Waals surface area contributed by atoms with Crippen molar-refractivity contribution in [3.05, 3.63) is 63.6 Å². The summed E-state index contributed by atoms with van der Waals surface area (Å²) in [4.78, 5) is 23.9. The van der Waals surface area contributed by atoms with Crippen LogP contribution in [-0.4, -0.2) is 24.1 Å². The maximum Gasteiger partial charge on any atom is 0.257 e. The molecule has 2 aromatic rings. The van der Waals surface area contributed by atoms with Crippen LogP contribution in [0.3, 0.4) is 0 Å². The van der Waals surface area contributed by atoms with Crippen LogP contribution in [0.4, 0.5) is 0 Å². The van der Waals surface area contributed by atoms with Crippen molar-refractivity contribution < 1.29 is 9.53 Å². The second-order valence-corrected chi connectivity index (χ2v) is 6.84. The van der Waals surface area contributed by atoms with Gasteiger partial charge < -0.3 is 14.6 Å². The number of aryl methyl sites for hydroxylation is 1. The van der Waals surface area contributed by atoms with Crippen LogP contribution >= 0.6 is 0 Å². The lowest BCUT2D eigenvalue weighted by molar-refractivity contribution is -0.122. The van der Waals surface area contributed by atoms with Gasteiger partial charge in [0, 0.05) is 30.3 Å². The molecule has 5 nitrogen and oxygen atoms in total. The number of hydrogen-bond donors (Lipinski definition) is 1. The first kappa shape index (κ1) is 18.8. The molecule has 1 heterocycles. The summed E-state index contributed by atoms with van der Waals surface area (Å²) < 4.78 is 7.11.